The number of fused-ring (bicyclic) bond motifs is 1. The van der Waals surface area contributed by atoms with Crippen molar-refractivity contribution >= 4 is 34.1 Å². The number of carbonyl (C=O) groups excluding carboxylic acids is 2. The van der Waals surface area contributed by atoms with Gasteiger partial charge in [-0.3, -0.25) is 14.6 Å². The van der Waals surface area contributed by atoms with Crippen LogP contribution < -0.4 is 10.2 Å². The molecule has 3 aromatic heterocycles. The van der Waals surface area contributed by atoms with Crippen LogP contribution in [-0.2, 0) is 9.59 Å². The van der Waals surface area contributed by atoms with Gasteiger partial charge in [-0.1, -0.05) is 12.8 Å². The molecule has 7 nitrogen and oxygen atoms in total. The van der Waals surface area contributed by atoms with Crippen LogP contribution in [0.2, 0.25) is 0 Å². The normalized spacial score (nSPS) is 17.7. The second-order valence-electron chi connectivity index (χ2n) is 8.65. The summed E-state index contributed by atoms with van der Waals surface area (Å²) in [5.41, 5.74) is 3.03. The number of hydrogen-bond acceptors (Lipinski definition) is 5. The van der Waals surface area contributed by atoms with E-state index in [2.05, 4.69) is 39.0 Å². The van der Waals surface area contributed by atoms with Crippen LogP contribution in [-0.4, -0.2) is 32.8 Å². The monoisotopic (exact) mass is 439 g/mol. The van der Waals surface area contributed by atoms with Gasteiger partial charge in [0, 0.05) is 47.2 Å². The van der Waals surface area contributed by atoms with Crippen LogP contribution in [0.15, 0.2) is 36.8 Å². The maximum absolute atomic E-state index is 12.3. The van der Waals surface area contributed by atoms with Gasteiger partial charge in [-0.25, -0.2) is 9.97 Å². The summed E-state index contributed by atoms with van der Waals surface area (Å²) in [6.45, 7) is 4.02. The lowest BCUT2D eigenvalue weighted by atomic mass is 10.1. The third-order valence-corrected chi connectivity index (χ3v) is 6.32. The second-order valence-corrected chi connectivity index (χ2v) is 8.65. The standard InChI is InChI=1S/C26H25N5O2/c1-3-20-10-11-25(32)31(20)21-9-8-19(28-14-21)7-6-18-13-27-16(2)23-15-29-24(12-22(18)23)30-26(33)17-4-5-17/h8-9,12-15,17,20H,3-5,10-11H2,1-2H3,(H,29,30,33)/t20-/m0/s1. The van der Waals surface area contributed by atoms with Crippen molar-refractivity contribution in [2.24, 2.45) is 5.92 Å². The molecule has 2 fully saturated rings. The highest BCUT2D eigenvalue weighted by Gasteiger charge is 2.31. The summed E-state index contributed by atoms with van der Waals surface area (Å²) in [6.07, 6.45) is 9.48. The number of hydrogen-bond donors (Lipinski definition) is 1. The third-order valence-electron chi connectivity index (χ3n) is 6.32. The Kier molecular flexibility index (Phi) is 5.51. The minimum Gasteiger partial charge on any atom is -0.310 e. The lowest BCUT2D eigenvalue weighted by Gasteiger charge is -2.23. The molecule has 1 saturated carbocycles. The molecule has 5 rings (SSSR count). The lowest BCUT2D eigenvalue weighted by Crippen LogP contribution is -2.32. The molecule has 0 aromatic carbocycles. The van der Waals surface area contributed by atoms with E-state index in [9.17, 15) is 9.59 Å². The Labute approximate surface area is 192 Å². The molecule has 33 heavy (non-hydrogen) atoms. The molecule has 7 heteroatoms. The molecule has 1 saturated heterocycles. The summed E-state index contributed by atoms with van der Waals surface area (Å²) in [5.74, 6) is 7.08. The van der Waals surface area contributed by atoms with E-state index in [4.69, 9.17) is 0 Å². The molecule has 1 atom stereocenters. The third kappa shape index (κ3) is 4.29. The van der Waals surface area contributed by atoms with Crippen molar-refractivity contribution in [1.82, 2.24) is 15.0 Å². The molecule has 2 aliphatic rings. The molecule has 1 aliphatic carbocycles. The van der Waals surface area contributed by atoms with Crippen molar-refractivity contribution in [2.45, 2.75) is 52.0 Å². The summed E-state index contributed by atoms with van der Waals surface area (Å²) in [5, 5.41) is 4.68. The molecule has 1 N–H and O–H groups in total. The van der Waals surface area contributed by atoms with Crippen LogP contribution in [0.3, 0.4) is 0 Å². The Hall–Kier alpha value is -3.79. The summed E-state index contributed by atoms with van der Waals surface area (Å²) in [6, 6.07) is 5.84. The van der Waals surface area contributed by atoms with Gasteiger partial charge < -0.3 is 10.2 Å². The first kappa shape index (κ1) is 21.1. The number of aryl methyl sites for hydroxylation is 1. The zero-order chi connectivity index (χ0) is 22.9. The van der Waals surface area contributed by atoms with E-state index in [1.165, 1.54) is 0 Å². The first-order chi connectivity index (χ1) is 16.0. The van der Waals surface area contributed by atoms with Crippen molar-refractivity contribution in [3.05, 3.63) is 53.7 Å². The molecule has 1 aliphatic heterocycles. The first-order valence-corrected chi connectivity index (χ1v) is 11.4. The summed E-state index contributed by atoms with van der Waals surface area (Å²) >= 11 is 0. The van der Waals surface area contributed by atoms with Crippen LogP contribution in [0.5, 0.6) is 0 Å². The second kappa shape index (κ2) is 8.62. The summed E-state index contributed by atoms with van der Waals surface area (Å²) in [7, 11) is 0. The van der Waals surface area contributed by atoms with E-state index in [1.807, 2.05) is 30.0 Å². The fraction of sp³-hybridized carbons (Fsp3) is 0.346. The van der Waals surface area contributed by atoms with Gasteiger partial charge in [-0.2, -0.15) is 0 Å². The number of nitrogens with one attached hydrogen (secondary N) is 1. The van der Waals surface area contributed by atoms with Gasteiger partial charge in [0.25, 0.3) is 0 Å². The molecule has 0 unspecified atom stereocenters. The van der Waals surface area contributed by atoms with Gasteiger partial charge in [-0.15, -0.1) is 0 Å². The smallest absolute Gasteiger partial charge is 0.228 e. The maximum atomic E-state index is 12.3. The minimum absolute atomic E-state index is 0.0198. The SMILES string of the molecule is CC[C@H]1CCC(=O)N1c1ccc(C#Cc2cnc(C)c3cnc(NC(=O)C4CC4)cc23)nc1. The summed E-state index contributed by atoms with van der Waals surface area (Å²) < 4.78 is 0. The predicted molar refractivity (Wildman–Crippen MR) is 127 cm³/mol. The average molecular weight is 440 g/mol. The van der Waals surface area contributed by atoms with Crippen LogP contribution in [0, 0.1) is 24.7 Å². The number of carbonyl (C=O) groups is 2. The van der Waals surface area contributed by atoms with Crippen LogP contribution in [0.25, 0.3) is 10.8 Å². The topological polar surface area (TPSA) is 88.1 Å². The Morgan fingerprint density at radius 2 is 1.94 bits per heavy atom. The maximum Gasteiger partial charge on any atom is 0.228 e. The quantitative estimate of drug-likeness (QED) is 0.621. The Morgan fingerprint density at radius 3 is 2.67 bits per heavy atom. The lowest BCUT2D eigenvalue weighted by molar-refractivity contribution is -0.118. The van der Waals surface area contributed by atoms with Crippen molar-refractivity contribution in [2.75, 3.05) is 10.2 Å². The number of amides is 2. The van der Waals surface area contributed by atoms with Crippen LogP contribution >= 0.6 is 0 Å². The van der Waals surface area contributed by atoms with E-state index in [1.54, 1.807) is 18.6 Å². The highest BCUT2D eigenvalue weighted by Crippen LogP contribution is 2.31. The van der Waals surface area contributed by atoms with E-state index < -0.39 is 0 Å². The van der Waals surface area contributed by atoms with Crippen molar-refractivity contribution < 1.29 is 9.59 Å². The van der Waals surface area contributed by atoms with E-state index >= 15 is 0 Å². The average Bonchev–Trinajstić information content (AvgIpc) is 3.61. The molecule has 0 bridgehead atoms. The van der Waals surface area contributed by atoms with Crippen LogP contribution in [0.1, 0.15) is 56.0 Å². The van der Waals surface area contributed by atoms with E-state index in [0.29, 0.717) is 17.9 Å². The predicted octanol–water partition coefficient (Wildman–Crippen LogP) is 3.99. The Balaban J connectivity index is 1.42. The number of rotatable bonds is 4. The highest BCUT2D eigenvalue weighted by atomic mass is 16.2. The molecular formula is C26H25N5O2. The molecule has 166 valence electrons. The Morgan fingerprint density at radius 1 is 1.09 bits per heavy atom. The fourth-order valence-electron chi connectivity index (χ4n) is 4.23. The van der Waals surface area contributed by atoms with E-state index in [-0.39, 0.29) is 23.8 Å². The molecular weight excluding hydrogens is 414 g/mol. The van der Waals surface area contributed by atoms with Gasteiger partial charge >= 0.3 is 0 Å². The Bertz CT molecular complexity index is 1300. The molecule has 3 aromatic rings. The van der Waals surface area contributed by atoms with Gasteiger partial charge in [0.15, 0.2) is 0 Å². The van der Waals surface area contributed by atoms with E-state index in [0.717, 1.165) is 53.4 Å². The first-order valence-electron chi connectivity index (χ1n) is 11.4. The number of anilines is 2. The summed E-state index contributed by atoms with van der Waals surface area (Å²) in [4.78, 5) is 39.5. The number of nitrogens with zero attached hydrogens (tertiary/aromatic N) is 4. The zero-order valence-electron chi connectivity index (χ0n) is 18.8. The van der Waals surface area contributed by atoms with Gasteiger partial charge in [0.2, 0.25) is 11.8 Å². The van der Waals surface area contributed by atoms with Crippen molar-refractivity contribution in [1.29, 1.82) is 0 Å². The molecule has 4 heterocycles. The zero-order valence-corrected chi connectivity index (χ0v) is 18.8. The van der Waals surface area contributed by atoms with Gasteiger partial charge in [0.05, 0.1) is 17.4 Å². The number of pyridine rings is 3. The largest absolute Gasteiger partial charge is 0.310 e. The fourth-order valence-corrected chi connectivity index (χ4v) is 4.23. The van der Waals surface area contributed by atoms with Crippen LogP contribution in [0.4, 0.5) is 11.5 Å². The van der Waals surface area contributed by atoms with Crippen molar-refractivity contribution in [3.63, 3.8) is 0 Å². The number of aromatic nitrogens is 3. The molecule has 2 amide bonds. The molecule has 0 spiro atoms. The van der Waals surface area contributed by atoms with Gasteiger partial charge in [-0.05, 0) is 56.7 Å². The highest BCUT2D eigenvalue weighted by molar-refractivity contribution is 5.97. The van der Waals surface area contributed by atoms with Gasteiger partial charge in [0.1, 0.15) is 11.5 Å². The van der Waals surface area contributed by atoms with Crippen molar-refractivity contribution in [3.8, 4) is 11.8 Å². The molecule has 0 radical (unpaired) electrons. The minimum atomic E-state index is 0.0198.